The molecule has 3 rings (SSSR count). The van der Waals surface area contributed by atoms with Gasteiger partial charge in [-0.25, -0.2) is 8.51 Å². The third kappa shape index (κ3) is 4.44. The van der Waals surface area contributed by atoms with E-state index >= 15 is 0 Å². The number of aromatic nitrogens is 4. The first-order valence-corrected chi connectivity index (χ1v) is 9.79. The van der Waals surface area contributed by atoms with Crippen molar-refractivity contribution in [2.45, 2.75) is 12.2 Å². The van der Waals surface area contributed by atoms with Crippen molar-refractivity contribution < 1.29 is 13.0 Å². The fraction of sp³-hybridized carbons (Fsp3) is 0.500. The van der Waals surface area contributed by atoms with Crippen LogP contribution in [0, 0.1) is 0 Å². The van der Waals surface area contributed by atoms with Crippen molar-refractivity contribution in [1.29, 1.82) is 0 Å². The van der Waals surface area contributed by atoms with E-state index in [-0.39, 0.29) is 5.56 Å². The lowest BCUT2D eigenvalue weighted by atomic mass is 10.2. The van der Waals surface area contributed by atoms with Crippen LogP contribution in [0.15, 0.2) is 24.3 Å². The van der Waals surface area contributed by atoms with Crippen LogP contribution in [0.4, 0.5) is 8.78 Å². The molecule has 0 aliphatic carbocycles. The Hall–Kier alpha value is -1.35. The fourth-order valence-electron chi connectivity index (χ4n) is 2.69. The van der Waals surface area contributed by atoms with Crippen molar-refractivity contribution in [1.82, 2.24) is 29.4 Å². The van der Waals surface area contributed by atoms with E-state index in [9.17, 15) is 13.0 Å². The molecule has 2 unspecified atom stereocenters. The minimum Gasteiger partial charge on any atom is -0.293 e. The minimum absolute atomic E-state index is 0.115. The van der Waals surface area contributed by atoms with E-state index in [0.29, 0.717) is 31.1 Å². The van der Waals surface area contributed by atoms with Gasteiger partial charge in [-0.2, -0.15) is 13.5 Å². The molecule has 1 saturated heterocycles. The Kier molecular flexibility index (Phi) is 5.52. The molecule has 1 fully saturated rings. The first-order chi connectivity index (χ1) is 11.8. The molecule has 25 heavy (non-hydrogen) atoms. The van der Waals surface area contributed by atoms with E-state index in [1.807, 2.05) is 4.31 Å². The van der Waals surface area contributed by atoms with Gasteiger partial charge in [-0.3, -0.25) is 4.90 Å². The number of tetrazole rings is 1. The number of piperazine rings is 1. The molecule has 1 aliphatic heterocycles. The predicted molar refractivity (Wildman–Crippen MR) is 93.7 cm³/mol. The standard InChI is InChI=1S/C14H19F2N6OPS/c1-25(23)21-7-5-20(6-8-21)10-13-17-18-19-22(13)12-4-2-3-11(9-12)14(15,16)24/h2-4,9H,5-8,10,24H2,1H3. The molecular formula is C14H19F2N6OPS. The van der Waals surface area contributed by atoms with Crippen LogP contribution in [0.5, 0.6) is 0 Å². The van der Waals surface area contributed by atoms with Crippen molar-refractivity contribution in [3.63, 3.8) is 0 Å². The molecular weight excluding hydrogens is 369 g/mol. The highest BCUT2D eigenvalue weighted by Gasteiger charge is 2.25. The largest absolute Gasteiger partial charge is 0.293 e. The molecule has 1 aromatic carbocycles. The first-order valence-electron chi connectivity index (χ1n) is 7.70. The summed E-state index contributed by atoms with van der Waals surface area (Å²) < 4.78 is 41.9. The lowest BCUT2D eigenvalue weighted by Gasteiger charge is -2.32. The highest BCUT2D eigenvalue weighted by molar-refractivity contribution is 7.81. The summed E-state index contributed by atoms with van der Waals surface area (Å²) in [5, 5.41) is 11.6. The Balaban J connectivity index is 1.75. The molecule has 2 aromatic rings. The van der Waals surface area contributed by atoms with Gasteiger partial charge in [-0.15, -0.1) is 5.10 Å². The molecule has 0 saturated carbocycles. The second kappa shape index (κ2) is 7.49. The van der Waals surface area contributed by atoms with E-state index in [0.717, 1.165) is 13.1 Å². The normalized spacial score (nSPS) is 18.4. The van der Waals surface area contributed by atoms with Crippen LogP contribution < -0.4 is 0 Å². The number of rotatable bonds is 5. The number of nitrogens with zero attached hydrogens (tertiary/aromatic N) is 6. The van der Waals surface area contributed by atoms with Gasteiger partial charge >= 0.3 is 0 Å². The number of halogens is 2. The monoisotopic (exact) mass is 388 g/mol. The summed E-state index contributed by atoms with van der Waals surface area (Å²) in [6, 6.07) is 6.00. The van der Waals surface area contributed by atoms with Crippen LogP contribution in [0.25, 0.3) is 5.69 Å². The average Bonchev–Trinajstić information content (AvgIpc) is 3.03. The van der Waals surface area contributed by atoms with Crippen molar-refractivity contribution in [3.05, 3.63) is 35.7 Å². The molecule has 7 nitrogen and oxygen atoms in total. The zero-order chi connectivity index (χ0) is 18.0. The van der Waals surface area contributed by atoms with Gasteiger partial charge < -0.3 is 0 Å². The van der Waals surface area contributed by atoms with Gasteiger partial charge in [0, 0.05) is 38.0 Å². The Morgan fingerprint density at radius 3 is 2.64 bits per heavy atom. The van der Waals surface area contributed by atoms with Crippen LogP contribution in [0.3, 0.4) is 0 Å². The van der Waals surface area contributed by atoms with Crippen LogP contribution >= 0.6 is 9.24 Å². The molecule has 0 bridgehead atoms. The number of hydrogen-bond acceptors (Lipinski definition) is 5. The van der Waals surface area contributed by atoms with Crippen molar-refractivity contribution in [2.24, 2.45) is 0 Å². The summed E-state index contributed by atoms with van der Waals surface area (Å²) in [4.78, 5) is 2.15. The summed E-state index contributed by atoms with van der Waals surface area (Å²) in [6.07, 6.45) is 1.67. The highest BCUT2D eigenvalue weighted by Crippen LogP contribution is 2.35. The molecule has 11 heteroatoms. The van der Waals surface area contributed by atoms with E-state index in [1.165, 1.54) is 26.1 Å². The molecule has 2 atom stereocenters. The second-order valence-electron chi connectivity index (χ2n) is 5.81. The summed E-state index contributed by atoms with van der Waals surface area (Å²) in [7, 11) is 0.570. The molecule has 2 heterocycles. The molecule has 0 N–H and O–H groups in total. The Labute approximate surface area is 149 Å². The molecule has 0 radical (unpaired) electrons. The van der Waals surface area contributed by atoms with Gasteiger partial charge in [0.15, 0.2) is 5.82 Å². The maximum absolute atomic E-state index is 13.5. The van der Waals surface area contributed by atoms with Crippen molar-refractivity contribution in [2.75, 3.05) is 32.4 Å². The number of alkyl halides is 2. The summed E-state index contributed by atoms with van der Waals surface area (Å²) in [6.45, 7) is 3.41. The van der Waals surface area contributed by atoms with E-state index in [2.05, 4.69) is 20.4 Å². The summed E-state index contributed by atoms with van der Waals surface area (Å²) in [5.41, 5.74) is -2.63. The third-order valence-electron chi connectivity index (χ3n) is 4.07. The SMILES string of the molecule is CS(=O)N1CCN(Cc2nnnn2-c2cccc(C(F)(F)P)c2)CC1. The zero-order valence-corrected chi connectivity index (χ0v) is 15.6. The quantitative estimate of drug-likeness (QED) is 0.715. The summed E-state index contributed by atoms with van der Waals surface area (Å²) in [5.74, 6) is 0.579. The number of hydrogen-bond donors (Lipinski definition) is 0. The van der Waals surface area contributed by atoms with Crippen LogP contribution in [0.1, 0.15) is 11.4 Å². The highest BCUT2D eigenvalue weighted by atomic mass is 32.2. The minimum atomic E-state index is -3.00. The van der Waals surface area contributed by atoms with Gasteiger partial charge in [0.1, 0.15) is 0 Å². The van der Waals surface area contributed by atoms with Gasteiger partial charge in [0.2, 0.25) is 0 Å². The van der Waals surface area contributed by atoms with Crippen molar-refractivity contribution >= 4 is 20.2 Å². The maximum Gasteiger partial charge on any atom is 0.283 e. The topological polar surface area (TPSA) is 67.2 Å². The number of benzene rings is 1. The van der Waals surface area contributed by atoms with Crippen LogP contribution in [-0.4, -0.2) is 66.1 Å². The van der Waals surface area contributed by atoms with Gasteiger partial charge in [0.05, 0.1) is 23.2 Å². The van der Waals surface area contributed by atoms with Crippen LogP contribution in [-0.2, 0) is 23.2 Å². The Bertz CT molecular complexity index is 760. The molecule has 0 amide bonds. The van der Waals surface area contributed by atoms with E-state index in [4.69, 9.17) is 0 Å². The summed E-state index contributed by atoms with van der Waals surface area (Å²) >= 11 is 0. The lowest BCUT2D eigenvalue weighted by Crippen LogP contribution is -2.46. The fourth-order valence-corrected chi connectivity index (χ4v) is 3.55. The molecule has 0 spiro atoms. The Morgan fingerprint density at radius 1 is 1.28 bits per heavy atom. The Morgan fingerprint density at radius 2 is 2.00 bits per heavy atom. The maximum atomic E-state index is 13.5. The van der Waals surface area contributed by atoms with E-state index < -0.39 is 16.6 Å². The zero-order valence-electron chi connectivity index (χ0n) is 13.7. The molecule has 1 aliphatic rings. The van der Waals surface area contributed by atoms with Gasteiger partial charge in [0.25, 0.3) is 5.66 Å². The molecule has 1 aromatic heterocycles. The molecule has 136 valence electrons. The lowest BCUT2D eigenvalue weighted by molar-refractivity contribution is 0.104. The van der Waals surface area contributed by atoms with Crippen molar-refractivity contribution in [3.8, 4) is 5.69 Å². The smallest absolute Gasteiger partial charge is 0.283 e. The predicted octanol–water partition coefficient (Wildman–Crippen LogP) is 0.998. The average molecular weight is 388 g/mol. The van der Waals surface area contributed by atoms with Crippen LogP contribution in [0.2, 0.25) is 0 Å². The van der Waals surface area contributed by atoms with Gasteiger partial charge in [-0.05, 0) is 22.6 Å². The van der Waals surface area contributed by atoms with E-state index in [1.54, 1.807) is 18.4 Å². The third-order valence-corrected chi connectivity index (χ3v) is 5.50. The van der Waals surface area contributed by atoms with Gasteiger partial charge in [-0.1, -0.05) is 21.4 Å². The second-order valence-corrected chi connectivity index (χ2v) is 7.90. The first kappa shape index (κ1) is 18.4.